The summed E-state index contributed by atoms with van der Waals surface area (Å²) in [6.07, 6.45) is 5.61. The molecule has 1 N–H and O–H groups in total. The number of Topliss-reactive ketones (excluding diaryl/α,β-unsaturated/α-hetero) is 1. The van der Waals surface area contributed by atoms with Gasteiger partial charge in [-0.2, -0.15) is 0 Å². The van der Waals surface area contributed by atoms with E-state index in [0.29, 0.717) is 5.56 Å². The van der Waals surface area contributed by atoms with Crippen LogP contribution >= 0.6 is 11.3 Å². The first-order valence-corrected chi connectivity index (χ1v) is 8.92. The molecule has 0 saturated heterocycles. The van der Waals surface area contributed by atoms with Gasteiger partial charge in [0.05, 0.1) is 18.4 Å². The Labute approximate surface area is 154 Å². The third kappa shape index (κ3) is 3.41. The minimum absolute atomic E-state index is 0.0581. The van der Waals surface area contributed by atoms with Crippen LogP contribution in [0.2, 0.25) is 0 Å². The van der Waals surface area contributed by atoms with Crippen molar-refractivity contribution in [2.24, 2.45) is 0 Å². The topological polar surface area (TPSA) is 68.0 Å². The molecule has 0 spiro atoms. The zero-order valence-electron chi connectivity index (χ0n) is 13.7. The molecule has 0 radical (unpaired) electrons. The van der Waals surface area contributed by atoms with Crippen LogP contribution in [-0.4, -0.2) is 25.4 Å². The second kappa shape index (κ2) is 6.93. The van der Waals surface area contributed by atoms with E-state index < -0.39 is 0 Å². The van der Waals surface area contributed by atoms with Crippen LogP contribution in [0.3, 0.4) is 0 Å². The fraction of sp³-hybridized carbons (Fsp3) is 0.0500. The number of benzene rings is 2. The molecule has 0 aliphatic rings. The number of phenols is 1. The summed E-state index contributed by atoms with van der Waals surface area (Å²) < 4.78 is 1.93. The van der Waals surface area contributed by atoms with Gasteiger partial charge in [0.25, 0.3) is 0 Å². The molecule has 26 heavy (non-hydrogen) atoms. The summed E-state index contributed by atoms with van der Waals surface area (Å²) in [6, 6.07) is 14.4. The van der Waals surface area contributed by atoms with E-state index >= 15 is 0 Å². The molecule has 6 heteroatoms. The van der Waals surface area contributed by atoms with Crippen molar-refractivity contribution in [2.75, 3.05) is 0 Å². The molecule has 5 nitrogen and oxygen atoms in total. The molecule has 0 aliphatic heterocycles. The summed E-state index contributed by atoms with van der Waals surface area (Å²) in [6.45, 7) is 0. The number of nitrogens with zero attached hydrogens (tertiary/aromatic N) is 3. The number of rotatable bonds is 5. The molecule has 0 atom stereocenters. The van der Waals surface area contributed by atoms with Gasteiger partial charge in [-0.05, 0) is 24.3 Å². The summed E-state index contributed by atoms with van der Waals surface area (Å²) in [5.41, 5.74) is 3.37. The fourth-order valence-electron chi connectivity index (χ4n) is 2.66. The van der Waals surface area contributed by atoms with Crippen molar-refractivity contribution in [2.45, 2.75) is 6.42 Å². The maximum atomic E-state index is 12.3. The first-order valence-electron chi connectivity index (χ1n) is 8.04. The maximum Gasteiger partial charge on any atom is 0.169 e. The molecular formula is C20H15N3O2S. The molecule has 0 saturated carbocycles. The second-order valence-electron chi connectivity index (χ2n) is 5.79. The van der Waals surface area contributed by atoms with Crippen molar-refractivity contribution < 1.29 is 9.90 Å². The minimum Gasteiger partial charge on any atom is -0.508 e. The zero-order chi connectivity index (χ0) is 17.9. The van der Waals surface area contributed by atoms with Crippen LogP contribution in [0.1, 0.15) is 15.4 Å². The Morgan fingerprint density at radius 3 is 2.73 bits per heavy atom. The van der Waals surface area contributed by atoms with Gasteiger partial charge in [0, 0.05) is 34.6 Å². The lowest BCUT2D eigenvalue weighted by Gasteiger charge is -2.03. The highest BCUT2D eigenvalue weighted by molar-refractivity contribution is 7.10. The summed E-state index contributed by atoms with van der Waals surface area (Å²) in [5.74, 6) is 0.0333. The fourth-order valence-corrected chi connectivity index (χ4v) is 3.46. The van der Waals surface area contributed by atoms with Gasteiger partial charge in [-0.3, -0.25) is 4.79 Å². The Hall–Kier alpha value is -3.25. The Kier molecular flexibility index (Phi) is 4.33. The third-order valence-corrected chi connectivity index (χ3v) is 4.85. The van der Waals surface area contributed by atoms with Gasteiger partial charge < -0.3 is 9.67 Å². The molecule has 2 aromatic heterocycles. The van der Waals surface area contributed by atoms with E-state index in [1.54, 1.807) is 30.7 Å². The van der Waals surface area contributed by atoms with Crippen molar-refractivity contribution in [3.8, 4) is 22.7 Å². The minimum atomic E-state index is -0.0581. The van der Waals surface area contributed by atoms with Gasteiger partial charge >= 0.3 is 0 Å². The molecule has 0 bridgehead atoms. The lowest BCUT2D eigenvalue weighted by molar-refractivity contribution is 0.0992. The third-order valence-electron chi connectivity index (χ3n) is 4.00. The van der Waals surface area contributed by atoms with Crippen LogP contribution in [0.5, 0.6) is 5.75 Å². The average Bonchev–Trinajstić information content (AvgIpc) is 3.34. The predicted octanol–water partition coefficient (Wildman–Crippen LogP) is 4.13. The van der Waals surface area contributed by atoms with E-state index in [-0.39, 0.29) is 18.0 Å². The Bertz CT molecular complexity index is 1040. The monoisotopic (exact) mass is 361 g/mol. The Morgan fingerprint density at radius 2 is 2.00 bits per heavy atom. The largest absolute Gasteiger partial charge is 0.508 e. The van der Waals surface area contributed by atoms with E-state index in [9.17, 15) is 9.90 Å². The maximum absolute atomic E-state index is 12.3. The van der Waals surface area contributed by atoms with Gasteiger partial charge in [0.1, 0.15) is 10.8 Å². The summed E-state index contributed by atoms with van der Waals surface area (Å²) in [5, 5.41) is 12.2. The van der Waals surface area contributed by atoms with Gasteiger partial charge in [0.15, 0.2) is 5.78 Å². The molecule has 2 heterocycles. The van der Waals surface area contributed by atoms with Gasteiger partial charge in [-0.1, -0.05) is 24.3 Å². The first kappa shape index (κ1) is 16.2. The molecule has 0 unspecified atom stereocenters. The molecule has 0 aliphatic carbocycles. The molecule has 4 aromatic rings. The van der Waals surface area contributed by atoms with E-state index in [1.165, 1.54) is 17.4 Å². The first-order chi connectivity index (χ1) is 12.7. The van der Waals surface area contributed by atoms with E-state index in [1.807, 2.05) is 40.4 Å². The Balaban J connectivity index is 1.50. The summed E-state index contributed by atoms with van der Waals surface area (Å²) >= 11 is 1.46. The van der Waals surface area contributed by atoms with Gasteiger partial charge in [0.2, 0.25) is 0 Å². The van der Waals surface area contributed by atoms with Crippen LogP contribution in [0, 0.1) is 0 Å². The number of carbonyl (C=O) groups is 1. The number of hydrogen-bond donors (Lipinski definition) is 1. The summed E-state index contributed by atoms with van der Waals surface area (Å²) in [7, 11) is 0. The number of thiazole rings is 1. The van der Waals surface area contributed by atoms with Gasteiger partial charge in [-0.15, -0.1) is 11.3 Å². The van der Waals surface area contributed by atoms with E-state index in [4.69, 9.17) is 0 Å². The number of aromatic nitrogens is 3. The zero-order valence-corrected chi connectivity index (χ0v) is 14.6. The van der Waals surface area contributed by atoms with Crippen LogP contribution in [0.4, 0.5) is 0 Å². The molecular weight excluding hydrogens is 346 g/mol. The van der Waals surface area contributed by atoms with E-state index in [2.05, 4.69) is 9.97 Å². The normalized spacial score (nSPS) is 10.8. The predicted molar refractivity (Wildman–Crippen MR) is 101 cm³/mol. The number of carbonyl (C=O) groups excluding carboxylic acids is 1. The van der Waals surface area contributed by atoms with Crippen molar-refractivity contribution in [1.29, 1.82) is 0 Å². The van der Waals surface area contributed by atoms with Crippen LogP contribution in [0.25, 0.3) is 16.9 Å². The Morgan fingerprint density at radius 1 is 1.15 bits per heavy atom. The number of imidazole rings is 1. The number of ketones is 1. The lowest BCUT2D eigenvalue weighted by Crippen LogP contribution is -2.02. The van der Waals surface area contributed by atoms with Crippen LogP contribution in [-0.2, 0) is 6.42 Å². The number of hydrogen-bond acceptors (Lipinski definition) is 5. The molecule has 2 aromatic carbocycles. The van der Waals surface area contributed by atoms with Crippen LogP contribution in [0.15, 0.2) is 72.6 Å². The standard InChI is InChI=1S/C20H15N3O2S/c24-17-3-1-2-15(10-17)19(25)11-20-22-18(12-26-20)14-4-6-16(7-5-14)23-9-8-21-13-23/h1-10,12-13,24H,11H2. The van der Waals surface area contributed by atoms with E-state index in [0.717, 1.165) is 22.0 Å². The second-order valence-corrected chi connectivity index (χ2v) is 6.74. The summed E-state index contributed by atoms with van der Waals surface area (Å²) in [4.78, 5) is 21.0. The lowest BCUT2D eigenvalue weighted by atomic mass is 10.1. The molecule has 0 fully saturated rings. The highest BCUT2D eigenvalue weighted by Crippen LogP contribution is 2.24. The quantitative estimate of drug-likeness (QED) is 0.543. The molecule has 0 amide bonds. The highest BCUT2D eigenvalue weighted by Gasteiger charge is 2.12. The molecule has 128 valence electrons. The van der Waals surface area contributed by atoms with Crippen LogP contribution < -0.4 is 0 Å². The van der Waals surface area contributed by atoms with Crippen molar-refractivity contribution in [3.05, 3.63) is 83.2 Å². The van der Waals surface area contributed by atoms with Crippen molar-refractivity contribution in [1.82, 2.24) is 14.5 Å². The SMILES string of the molecule is O=C(Cc1nc(-c2ccc(-n3ccnc3)cc2)cs1)c1cccc(O)c1. The smallest absolute Gasteiger partial charge is 0.169 e. The van der Waals surface area contributed by atoms with Gasteiger partial charge in [-0.25, -0.2) is 9.97 Å². The average molecular weight is 361 g/mol. The number of phenolic OH excluding ortho intramolecular Hbond substituents is 1. The number of aromatic hydroxyl groups is 1. The highest BCUT2D eigenvalue weighted by atomic mass is 32.1. The van der Waals surface area contributed by atoms with Crippen molar-refractivity contribution >= 4 is 17.1 Å². The van der Waals surface area contributed by atoms with Crippen molar-refractivity contribution in [3.63, 3.8) is 0 Å². The molecule has 4 rings (SSSR count).